The number of amides is 1. The van der Waals surface area contributed by atoms with Gasteiger partial charge in [-0.2, -0.15) is 15.2 Å². The van der Waals surface area contributed by atoms with Crippen LogP contribution in [0.3, 0.4) is 0 Å². The lowest BCUT2D eigenvalue weighted by molar-refractivity contribution is -0.0105. The molecule has 0 saturated carbocycles. The summed E-state index contributed by atoms with van der Waals surface area (Å²) in [6.07, 6.45) is 6.25. The largest absolute Gasteiger partial charge is 0.289 e. The van der Waals surface area contributed by atoms with Gasteiger partial charge in [-0.3, -0.25) is 4.79 Å². The minimum Gasteiger partial charge on any atom is -0.266 e. The van der Waals surface area contributed by atoms with E-state index >= 15 is 0 Å². The van der Waals surface area contributed by atoms with Gasteiger partial charge in [0.15, 0.2) is 0 Å². The second-order valence-electron chi connectivity index (χ2n) is 5.99. The molecule has 1 aromatic carbocycles. The number of hydrazine groups is 1. The standard InChI is InChI=1S/C17H18BrN3O/c1-12-5-4-10-17(2)11-20(3)21(19-15(12)17)16(22)13-6-8-14(18)9-7-13/h4-10H,11H2,1-3H3. The highest BCUT2D eigenvalue weighted by atomic mass is 79.9. The van der Waals surface area contributed by atoms with Crippen LogP contribution < -0.4 is 0 Å². The van der Waals surface area contributed by atoms with Gasteiger partial charge in [0.05, 0.1) is 5.71 Å². The van der Waals surface area contributed by atoms with Crippen LogP contribution in [0.15, 0.2) is 57.6 Å². The number of halogens is 1. The lowest BCUT2D eigenvalue weighted by atomic mass is 9.78. The van der Waals surface area contributed by atoms with Crippen molar-refractivity contribution in [3.8, 4) is 0 Å². The molecule has 1 aliphatic heterocycles. The van der Waals surface area contributed by atoms with E-state index in [4.69, 9.17) is 0 Å². The molecule has 0 N–H and O–H groups in total. The molecule has 0 saturated heterocycles. The summed E-state index contributed by atoms with van der Waals surface area (Å²) >= 11 is 3.38. The van der Waals surface area contributed by atoms with Crippen LogP contribution in [0.25, 0.3) is 0 Å². The van der Waals surface area contributed by atoms with Gasteiger partial charge in [-0.15, -0.1) is 0 Å². The molecular formula is C17H18BrN3O. The van der Waals surface area contributed by atoms with Crippen LogP contribution in [0.5, 0.6) is 0 Å². The average Bonchev–Trinajstić information content (AvgIpc) is 2.46. The van der Waals surface area contributed by atoms with E-state index in [1.165, 1.54) is 5.12 Å². The molecule has 3 rings (SSSR count). The van der Waals surface area contributed by atoms with E-state index in [0.717, 1.165) is 22.3 Å². The van der Waals surface area contributed by atoms with Crippen LogP contribution in [0.2, 0.25) is 0 Å². The number of allylic oxidation sites excluding steroid dienone is 3. The quantitative estimate of drug-likeness (QED) is 0.767. The molecule has 1 aliphatic carbocycles. The van der Waals surface area contributed by atoms with Crippen LogP contribution in [0.4, 0.5) is 0 Å². The third-order valence-electron chi connectivity index (χ3n) is 4.07. The Kier molecular flexibility index (Phi) is 3.78. The number of hydrogen-bond acceptors (Lipinski definition) is 3. The highest BCUT2D eigenvalue weighted by Gasteiger charge is 2.39. The summed E-state index contributed by atoms with van der Waals surface area (Å²) < 4.78 is 0.950. The number of hydrogen-bond donors (Lipinski definition) is 0. The Balaban J connectivity index is 1.98. The first-order valence-corrected chi connectivity index (χ1v) is 7.97. The van der Waals surface area contributed by atoms with E-state index in [-0.39, 0.29) is 11.3 Å². The van der Waals surface area contributed by atoms with Gasteiger partial charge < -0.3 is 0 Å². The Labute approximate surface area is 138 Å². The molecule has 5 heteroatoms. The summed E-state index contributed by atoms with van der Waals surface area (Å²) in [6.45, 7) is 4.90. The van der Waals surface area contributed by atoms with Crippen molar-refractivity contribution in [1.29, 1.82) is 0 Å². The van der Waals surface area contributed by atoms with Gasteiger partial charge in [0.25, 0.3) is 5.91 Å². The Hall–Kier alpha value is -1.72. The number of rotatable bonds is 1. The third-order valence-corrected chi connectivity index (χ3v) is 4.60. The fourth-order valence-corrected chi connectivity index (χ4v) is 3.22. The van der Waals surface area contributed by atoms with Crippen LogP contribution >= 0.6 is 15.9 Å². The highest BCUT2D eigenvalue weighted by Crippen LogP contribution is 2.34. The summed E-state index contributed by atoms with van der Waals surface area (Å²) in [5.41, 5.74) is 2.53. The van der Waals surface area contributed by atoms with Crippen molar-refractivity contribution in [1.82, 2.24) is 10.1 Å². The monoisotopic (exact) mass is 359 g/mol. The minimum absolute atomic E-state index is 0.119. The summed E-state index contributed by atoms with van der Waals surface area (Å²) in [5, 5.41) is 7.97. The van der Waals surface area contributed by atoms with Crippen molar-refractivity contribution in [2.75, 3.05) is 13.6 Å². The molecule has 22 heavy (non-hydrogen) atoms. The summed E-state index contributed by atoms with van der Waals surface area (Å²) in [4.78, 5) is 12.7. The van der Waals surface area contributed by atoms with Crippen molar-refractivity contribution in [3.63, 3.8) is 0 Å². The van der Waals surface area contributed by atoms with Gasteiger partial charge >= 0.3 is 0 Å². The van der Waals surface area contributed by atoms with Gasteiger partial charge in [-0.1, -0.05) is 34.2 Å². The number of carbonyl (C=O) groups is 1. The second kappa shape index (κ2) is 5.48. The smallest absolute Gasteiger partial charge is 0.266 e. The van der Waals surface area contributed by atoms with E-state index in [0.29, 0.717) is 5.56 Å². The van der Waals surface area contributed by atoms with Crippen molar-refractivity contribution in [3.05, 3.63) is 58.1 Å². The zero-order chi connectivity index (χ0) is 15.9. The zero-order valence-corrected chi connectivity index (χ0v) is 14.5. The first-order chi connectivity index (χ1) is 10.4. The van der Waals surface area contributed by atoms with Crippen LogP contribution in [0, 0.1) is 5.41 Å². The maximum atomic E-state index is 12.7. The molecule has 1 amide bonds. The van der Waals surface area contributed by atoms with Gasteiger partial charge in [-0.25, -0.2) is 0 Å². The number of nitrogens with zero attached hydrogens (tertiary/aromatic N) is 3. The van der Waals surface area contributed by atoms with E-state index in [2.05, 4.69) is 40.1 Å². The highest BCUT2D eigenvalue weighted by molar-refractivity contribution is 9.10. The molecule has 0 radical (unpaired) electrons. The van der Waals surface area contributed by atoms with Crippen LogP contribution in [-0.2, 0) is 0 Å². The van der Waals surface area contributed by atoms with E-state index in [9.17, 15) is 4.79 Å². The number of carbonyl (C=O) groups excluding carboxylic acids is 1. The summed E-state index contributed by atoms with van der Waals surface area (Å²) in [5.74, 6) is -0.119. The first kappa shape index (κ1) is 15.2. The lowest BCUT2D eigenvalue weighted by Gasteiger charge is -2.42. The predicted molar refractivity (Wildman–Crippen MR) is 91.4 cm³/mol. The van der Waals surface area contributed by atoms with Gasteiger partial charge in [0, 0.05) is 29.0 Å². The Morgan fingerprint density at radius 1 is 1.32 bits per heavy atom. The maximum Gasteiger partial charge on any atom is 0.289 e. The first-order valence-electron chi connectivity index (χ1n) is 7.17. The van der Waals surface area contributed by atoms with Gasteiger partial charge in [0.2, 0.25) is 0 Å². The van der Waals surface area contributed by atoms with E-state index < -0.39 is 0 Å². The van der Waals surface area contributed by atoms with Crippen LogP contribution in [0.1, 0.15) is 24.2 Å². The lowest BCUT2D eigenvalue weighted by Crippen LogP contribution is -2.53. The summed E-state index contributed by atoms with van der Waals surface area (Å²) in [7, 11) is 1.89. The fraction of sp³-hybridized carbons (Fsp3) is 0.294. The molecule has 1 aromatic rings. The second-order valence-corrected chi connectivity index (χ2v) is 6.91. The Morgan fingerprint density at radius 2 is 2.00 bits per heavy atom. The third kappa shape index (κ3) is 2.55. The average molecular weight is 360 g/mol. The van der Waals surface area contributed by atoms with Crippen molar-refractivity contribution < 1.29 is 4.79 Å². The van der Waals surface area contributed by atoms with E-state index in [1.54, 1.807) is 12.1 Å². The topological polar surface area (TPSA) is 35.9 Å². The van der Waals surface area contributed by atoms with Gasteiger partial charge in [-0.05, 0) is 43.7 Å². The molecule has 114 valence electrons. The minimum atomic E-state index is -0.149. The molecule has 4 nitrogen and oxygen atoms in total. The fourth-order valence-electron chi connectivity index (χ4n) is 2.96. The van der Waals surface area contributed by atoms with Crippen molar-refractivity contribution >= 4 is 27.5 Å². The zero-order valence-electron chi connectivity index (χ0n) is 12.9. The Morgan fingerprint density at radius 3 is 2.68 bits per heavy atom. The molecule has 1 heterocycles. The van der Waals surface area contributed by atoms with Gasteiger partial charge in [0.1, 0.15) is 0 Å². The molecule has 1 unspecified atom stereocenters. The maximum absolute atomic E-state index is 12.7. The molecule has 0 bridgehead atoms. The van der Waals surface area contributed by atoms with Crippen molar-refractivity contribution in [2.45, 2.75) is 13.8 Å². The molecular weight excluding hydrogens is 342 g/mol. The molecule has 1 atom stereocenters. The van der Waals surface area contributed by atoms with Crippen molar-refractivity contribution in [2.24, 2.45) is 10.5 Å². The van der Waals surface area contributed by atoms with Crippen LogP contribution in [-0.4, -0.2) is 35.3 Å². The van der Waals surface area contributed by atoms with E-state index in [1.807, 2.05) is 37.2 Å². The Bertz CT molecular complexity index is 705. The predicted octanol–water partition coefficient (Wildman–Crippen LogP) is 3.63. The molecule has 2 aliphatic rings. The molecule has 0 spiro atoms. The SMILES string of the molecule is CC1=CC=CC2(C)CN(C)N(C(=O)c3ccc(Br)cc3)N=C12. The number of hydrazone groups is 1. The molecule has 0 fully saturated rings. The number of benzene rings is 1. The number of fused-ring (bicyclic) bond motifs is 1. The summed E-state index contributed by atoms with van der Waals surface area (Å²) in [6, 6.07) is 7.33. The normalized spacial score (nSPS) is 24.6. The molecule has 0 aromatic heterocycles.